The smallest absolute Gasteiger partial charge is 0.264 e. The molecule has 0 bridgehead atoms. The Balaban J connectivity index is 2.01. The van der Waals surface area contributed by atoms with Crippen LogP contribution in [0.3, 0.4) is 0 Å². The van der Waals surface area contributed by atoms with Gasteiger partial charge in [0.1, 0.15) is 0 Å². The predicted octanol–water partition coefficient (Wildman–Crippen LogP) is 2.19. The van der Waals surface area contributed by atoms with Crippen molar-refractivity contribution in [2.75, 3.05) is 11.4 Å². The molecule has 2 aromatic rings. The molecule has 0 spiro atoms. The number of sulfonamides is 1. The molecule has 1 heterocycles. The number of hydrogen-bond acceptors (Lipinski definition) is 3. The molecule has 1 amide bonds. The normalized spacial score (nSPS) is 17.0. The minimum absolute atomic E-state index is 0.129. The molecule has 1 atom stereocenters. The third-order valence-corrected chi connectivity index (χ3v) is 5.99. The standard InChI is InChI=1S/C17H18N2O3S/c1-12-11-14-5-3-4-6-16(14)19(12)23(21,22)15-9-7-13(8-10-15)17(20)18-2/h3-10,12H,11H2,1-2H3,(H,18,20). The van der Waals surface area contributed by atoms with Gasteiger partial charge in [0.05, 0.1) is 10.6 Å². The van der Waals surface area contributed by atoms with Crippen molar-refractivity contribution in [2.45, 2.75) is 24.3 Å². The molecule has 3 rings (SSSR count). The topological polar surface area (TPSA) is 66.5 Å². The molecular formula is C17H18N2O3S. The second-order valence-electron chi connectivity index (χ2n) is 5.59. The Bertz CT molecular complexity index is 844. The summed E-state index contributed by atoms with van der Waals surface area (Å²) in [6, 6.07) is 13.4. The highest BCUT2D eigenvalue weighted by molar-refractivity contribution is 7.92. The molecule has 120 valence electrons. The Morgan fingerprint density at radius 1 is 1.13 bits per heavy atom. The molecule has 23 heavy (non-hydrogen) atoms. The molecule has 0 saturated heterocycles. The monoisotopic (exact) mass is 330 g/mol. The summed E-state index contributed by atoms with van der Waals surface area (Å²) in [4.78, 5) is 11.8. The largest absolute Gasteiger partial charge is 0.355 e. The van der Waals surface area contributed by atoms with Gasteiger partial charge >= 0.3 is 0 Å². The van der Waals surface area contributed by atoms with Crippen molar-refractivity contribution in [1.82, 2.24) is 5.32 Å². The van der Waals surface area contributed by atoms with Gasteiger partial charge < -0.3 is 5.32 Å². The van der Waals surface area contributed by atoms with E-state index in [2.05, 4.69) is 5.32 Å². The van der Waals surface area contributed by atoms with E-state index in [0.29, 0.717) is 12.0 Å². The van der Waals surface area contributed by atoms with Crippen molar-refractivity contribution >= 4 is 21.6 Å². The first-order valence-electron chi connectivity index (χ1n) is 7.39. The minimum atomic E-state index is -3.65. The first-order chi connectivity index (χ1) is 10.9. The average molecular weight is 330 g/mol. The van der Waals surface area contributed by atoms with Gasteiger partial charge in [-0.1, -0.05) is 18.2 Å². The van der Waals surface area contributed by atoms with Gasteiger partial charge in [0.25, 0.3) is 15.9 Å². The quantitative estimate of drug-likeness (QED) is 0.938. The molecule has 0 aliphatic carbocycles. The highest BCUT2D eigenvalue weighted by Crippen LogP contribution is 2.36. The average Bonchev–Trinajstić information content (AvgIpc) is 2.90. The summed E-state index contributed by atoms with van der Waals surface area (Å²) in [6.07, 6.45) is 0.700. The van der Waals surface area contributed by atoms with Crippen LogP contribution in [-0.2, 0) is 16.4 Å². The molecule has 1 aliphatic heterocycles. The lowest BCUT2D eigenvalue weighted by Gasteiger charge is -2.24. The molecule has 5 nitrogen and oxygen atoms in total. The van der Waals surface area contributed by atoms with Gasteiger partial charge in [0, 0.05) is 18.7 Å². The fourth-order valence-corrected chi connectivity index (χ4v) is 4.63. The Morgan fingerprint density at radius 2 is 1.78 bits per heavy atom. The van der Waals surface area contributed by atoms with Crippen LogP contribution in [-0.4, -0.2) is 27.4 Å². The van der Waals surface area contributed by atoms with Crippen molar-refractivity contribution < 1.29 is 13.2 Å². The van der Waals surface area contributed by atoms with Crippen LogP contribution < -0.4 is 9.62 Å². The van der Waals surface area contributed by atoms with Gasteiger partial charge in [-0.05, 0) is 49.2 Å². The lowest BCUT2D eigenvalue weighted by Crippen LogP contribution is -2.35. The lowest BCUT2D eigenvalue weighted by atomic mass is 10.1. The molecule has 2 aromatic carbocycles. The van der Waals surface area contributed by atoms with Crippen molar-refractivity contribution in [3.63, 3.8) is 0 Å². The van der Waals surface area contributed by atoms with Gasteiger partial charge in [0.2, 0.25) is 0 Å². The van der Waals surface area contributed by atoms with Crippen LogP contribution in [0, 0.1) is 0 Å². The number of anilines is 1. The van der Waals surface area contributed by atoms with Crippen molar-refractivity contribution in [3.8, 4) is 0 Å². The predicted molar refractivity (Wildman–Crippen MR) is 89.1 cm³/mol. The van der Waals surface area contributed by atoms with E-state index < -0.39 is 10.0 Å². The number of hydrogen-bond donors (Lipinski definition) is 1. The number of fused-ring (bicyclic) bond motifs is 1. The Hall–Kier alpha value is -2.34. The number of carbonyl (C=O) groups is 1. The summed E-state index contributed by atoms with van der Waals surface area (Å²) in [7, 11) is -2.11. The number of benzene rings is 2. The Labute approximate surface area is 136 Å². The number of amides is 1. The van der Waals surface area contributed by atoms with E-state index in [4.69, 9.17) is 0 Å². The van der Waals surface area contributed by atoms with Crippen molar-refractivity contribution in [3.05, 3.63) is 59.7 Å². The van der Waals surface area contributed by atoms with E-state index in [1.54, 1.807) is 0 Å². The zero-order valence-corrected chi connectivity index (χ0v) is 13.8. The molecule has 0 fully saturated rings. The zero-order chi connectivity index (χ0) is 16.6. The molecular weight excluding hydrogens is 312 g/mol. The van der Waals surface area contributed by atoms with Gasteiger partial charge in [-0.15, -0.1) is 0 Å². The van der Waals surface area contributed by atoms with Crippen LogP contribution in [0.5, 0.6) is 0 Å². The molecule has 1 aliphatic rings. The summed E-state index contributed by atoms with van der Waals surface area (Å²) in [5.41, 5.74) is 2.20. The summed E-state index contributed by atoms with van der Waals surface area (Å²) in [6.45, 7) is 1.90. The summed E-state index contributed by atoms with van der Waals surface area (Å²) in [5.74, 6) is -0.242. The number of nitrogens with one attached hydrogen (secondary N) is 1. The number of para-hydroxylation sites is 1. The fourth-order valence-electron chi connectivity index (χ4n) is 2.94. The molecule has 1 unspecified atom stereocenters. The number of carbonyl (C=O) groups excluding carboxylic acids is 1. The summed E-state index contributed by atoms with van der Waals surface area (Å²) in [5, 5.41) is 2.52. The second kappa shape index (κ2) is 5.70. The first-order valence-corrected chi connectivity index (χ1v) is 8.83. The van der Waals surface area contributed by atoms with Crippen LogP contribution in [0.2, 0.25) is 0 Å². The lowest BCUT2D eigenvalue weighted by molar-refractivity contribution is 0.0963. The van der Waals surface area contributed by atoms with E-state index in [1.807, 2.05) is 31.2 Å². The maximum Gasteiger partial charge on any atom is 0.264 e. The SMILES string of the molecule is CNC(=O)c1ccc(S(=O)(=O)N2c3ccccc3CC2C)cc1. The van der Waals surface area contributed by atoms with E-state index in [0.717, 1.165) is 11.3 Å². The van der Waals surface area contributed by atoms with Crippen LogP contribution in [0.1, 0.15) is 22.8 Å². The molecule has 0 radical (unpaired) electrons. The maximum atomic E-state index is 13.0. The van der Waals surface area contributed by atoms with Crippen molar-refractivity contribution in [1.29, 1.82) is 0 Å². The van der Waals surface area contributed by atoms with Crippen LogP contribution in [0.15, 0.2) is 53.4 Å². The summed E-state index contributed by atoms with van der Waals surface area (Å²) >= 11 is 0. The highest BCUT2D eigenvalue weighted by Gasteiger charge is 2.35. The maximum absolute atomic E-state index is 13.0. The van der Waals surface area contributed by atoms with E-state index in [9.17, 15) is 13.2 Å². The Morgan fingerprint density at radius 3 is 2.43 bits per heavy atom. The minimum Gasteiger partial charge on any atom is -0.355 e. The third-order valence-electron chi connectivity index (χ3n) is 4.05. The van der Waals surface area contributed by atoms with Crippen LogP contribution in [0.4, 0.5) is 5.69 Å². The summed E-state index contributed by atoms with van der Waals surface area (Å²) < 4.78 is 27.4. The first kappa shape index (κ1) is 15.6. The highest BCUT2D eigenvalue weighted by atomic mass is 32.2. The third kappa shape index (κ3) is 2.59. The van der Waals surface area contributed by atoms with E-state index in [1.165, 1.54) is 35.6 Å². The Kier molecular flexibility index (Phi) is 3.85. The van der Waals surface area contributed by atoms with Gasteiger partial charge in [0.15, 0.2) is 0 Å². The number of nitrogens with zero attached hydrogens (tertiary/aromatic N) is 1. The van der Waals surface area contributed by atoms with Crippen LogP contribution in [0.25, 0.3) is 0 Å². The van der Waals surface area contributed by atoms with E-state index in [-0.39, 0.29) is 16.8 Å². The molecule has 0 aromatic heterocycles. The zero-order valence-electron chi connectivity index (χ0n) is 13.0. The van der Waals surface area contributed by atoms with E-state index >= 15 is 0 Å². The van der Waals surface area contributed by atoms with Gasteiger partial charge in [-0.2, -0.15) is 0 Å². The molecule has 0 saturated carbocycles. The van der Waals surface area contributed by atoms with Crippen LogP contribution >= 0.6 is 0 Å². The van der Waals surface area contributed by atoms with Crippen molar-refractivity contribution in [2.24, 2.45) is 0 Å². The second-order valence-corrected chi connectivity index (χ2v) is 7.40. The van der Waals surface area contributed by atoms with Gasteiger partial charge in [-0.25, -0.2) is 8.42 Å². The van der Waals surface area contributed by atoms with Gasteiger partial charge in [-0.3, -0.25) is 9.10 Å². The fraction of sp³-hybridized carbons (Fsp3) is 0.235. The molecule has 6 heteroatoms. The molecule has 1 N–H and O–H groups in total. The number of rotatable bonds is 3.